The Kier molecular flexibility index (Phi) is 6.68. The van der Waals surface area contributed by atoms with Gasteiger partial charge in [0.25, 0.3) is 0 Å². The molecule has 1 fully saturated rings. The number of ether oxygens (including phenoxy) is 1. The first-order chi connectivity index (χ1) is 10.6. The Morgan fingerprint density at radius 3 is 2.27 bits per heavy atom. The van der Waals surface area contributed by atoms with Crippen molar-refractivity contribution in [3.63, 3.8) is 0 Å². The molecule has 1 aliphatic heterocycles. The molecule has 1 aromatic rings. The Labute approximate surface area is 135 Å². The van der Waals surface area contributed by atoms with Gasteiger partial charge in [-0.3, -0.25) is 4.90 Å². The quantitative estimate of drug-likeness (QED) is 0.769. The Morgan fingerprint density at radius 2 is 1.73 bits per heavy atom. The summed E-state index contributed by atoms with van der Waals surface area (Å²) >= 11 is 0. The Morgan fingerprint density at radius 1 is 1.09 bits per heavy atom. The zero-order chi connectivity index (χ0) is 15.9. The first-order valence-corrected chi connectivity index (χ1v) is 8.28. The van der Waals surface area contributed by atoms with E-state index in [0.29, 0.717) is 6.04 Å². The number of anilines is 1. The molecule has 0 atom stereocenters. The molecule has 4 heteroatoms. The fourth-order valence-corrected chi connectivity index (χ4v) is 3.09. The van der Waals surface area contributed by atoms with E-state index in [1.807, 2.05) is 0 Å². The zero-order valence-corrected chi connectivity index (χ0v) is 14.6. The Balaban J connectivity index is 1.77. The first kappa shape index (κ1) is 17.3. The van der Waals surface area contributed by atoms with Gasteiger partial charge in [0.2, 0.25) is 0 Å². The third kappa shape index (κ3) is 4.97. The minimum absolute atomic E-state index is 0.711. The predicted octanol–water partition coefficient (Wildman–Crippen LogP) is 2.30. The van der Waals surface area contributed by atoms with Gasteiger partial charge in [0.15, 0.2) is 0 Å². The summed E-state index contributed by atoms with van der Waals surface area (Å²) in [5, 5.41) is 0. The molecule has 1 heterocycles. The molecule has 0 radical (unpaired) electrons. The highest BCUT2D eigenvalue weighted by atomic mass is 16.5. The summed E-state index contributed by atoms with van der Waals surface area (Å²) in [6.07, 6.45) is 2.52. The second-order valence-electron chi connectivity index (χ2n) is 6.54. The fourth-order valence-electron chi connectivity index (χ4n) is 3.09. The van der Waals surface area contributed by atoms with E-state index in [0.717, 1.165) is 19.7 Å². The van der Waals surface area contributed by atoms with E-state index >= 15 is 0 Å². The van der Waals surface area contributed by atoms with Crippen LogP contribution in [0.1, 0.15) is 18.4 Å². The van der Waals surface area contributed by atoms with Crippen LogP contribution >= 0.6 is 0 Å². The lowest BCUT2D eigenvalue weighted by molar-refractivity contribution is 0.0945. The van der Waals surface area contributed by atoms with Gasteiger partial charge in [0.05, 0.1) is 6.61 Å². The number of likely N-dealkylation sites (tertiary alicyclic amines) is 1. The van der Waals surface area contributed by atoms with Gasteiger partial charge in [-0.05, 0) is 50.7 Å². The summed E-state index contributed by atoms with van der Waals surface area (Å²) in [5.74, 6) is 0. The van der Waals surface area contributed by atoms with E-state index < -0.39 is 0 Å². The molecule has 0 spiro atoms. The fraction of sp³-hybridized carbons (Fsp3) is 0.667. The predicted molar refractivity (Wildman–Crippen MR) is 93.6 cm³/mol. The van der Waals surface area contributed by atoms with Crippen molar-refractivity contribution in [2.45, 2.75) is 25.4 Å². The summed E-state index contributed by atoms with van der Waals surface area (Å²) in [5.41, 5.74) is 2.68. The van der Waals surface area contributed by atoms with Crippen LogP contribution < -0.4 is 4.90 Å². The number of rotatable bonds is 7. The molecule has 1 aliphatic rings. The van der Waals surface area contributed by atoms with Crippen molar-refractivity contribution in [2.24, 2.45) is 0 Å². The van der Waals surface area contributed by atoms with Crippen LogP contribution in [0.5, 0.6) is 0 Å². The molecule has 0 aromatic heterocycles. The van der Waals surface area contributed by atoms with Gasteiger partial charge >= 0.3 is 0 Å². The van der Waals surface area contributed by atoms with Crippen molar-refractivity contribution in [1.82, 2.24) is 9.80 Å². The van der Waals surface area contributed by atoms with E-state index in [2.05, 4.69) is 60.1 Å². The molecule has 1 aromatic carbocycles. The highest BCUT2D eigenvalue weighted by Gasteiger charge is 2.22. The smallest absolute Gasteiger partial charge is 0.0589 e. The maximum atomic E-state index is 5.17. The third-order valence-corrected chi connectivity index (χ3v) is 4.69. The van der Waals surface area contributed by atoms with E-state index in [1.165, 1.54) is 37.2 Å². The Bertz CT molecular complexity index is 424. The third-order valence-electron chi connectivity index (χ3n) is 4.69. The van der Waals surface area contributed by atoms with Crippen LogP contribution in [0.2, 0.25) is 0 Å². The highest BCUT2D eigenvalue weighted by Crippen LogP contribution is 2.19. The van der Waals surface area contributed by atoms with Gasteiger partial charge in [-0.25, -0.2) is 0 Å². The van der Waals surface area contributed by atoms with Crippen molar-refractivity contribution >= 4 is 5.69 Å². The molecular formula is C18H31N3O. The van der Waals surface area contributed by atoms with Crippen LogP contribution in [-0.4, -0.2) is 70.3 Å². The van der Waals surface area contributed by atoms with Crippen LogP contribution in [0.4, 0.5) is 5.69 Å². The normalized spacial score (nSPS) is 17.1. The first-order valence-electron chi connectivity index (χ1n) is 8.28. The summed E-state index contributed by atoms with van der Waals surface area (Å²) in [6.45, 7) is 5.32. The lowest BCUT2D eigenvalue weighted by Gasteiger charge is -2.36. The maximum absolute atomic E-state index is 5.17. The monoisotopic (exact) mass is 305 g/mol. The summed E-state index contributed by atoms with van der Waals surface area (Å²) < 4.78 is 5.17. The zero-order valence-electron chi connectivity index (χ0n) is 14.6. The average molecular weight is 305 g/mol. The minimum atomic E-state index is 0.711. The number of hydrogen-bond donors (Lipinski definition) is 0. The second-order valence-corrected chi connectivity index (χ2v) is 6.54. The molecule has 4 nitrogen and oxygen atoms in total. The number of likely N-dealkylation sites (N-methyl/N-ethyl adjacent to an activating group) is 1. The molecule has 1 saturated heterocycles. The molecule has 0 aliphatic carbocycles. The average Bonchev–Trinajstić information content (AvgIpc) is 2.54. The molecule has 0 unspecified atom stereocenters. The SMILES string of the molecule is COCCN(C)C1CCN(Cc2ccc(N(C)C)cc2)CC1. The van der Waals surface area contributed by atoms with Gasteiger partial charge in [-0.2, -0.15) is 0 Å². The number of methoxy groups -OCH3 is 1. The van der Waals surface area contributed by atoms with Gasteiger partial charge in [0, 0.05) is 46.0 Å². The lowest BCUT2D eigenvalue weighted by atomic mass is 10.0. The summed E-state index contributed by atoms with van der Waals surface area (Å²) in [4.78, 5) is 7.17. The summed E-state index contributed by atoms with van der Waals surface area (Å²) in [7, 11) is 8.16. The van der Waals surface area contributed by atoms with Crippen LogP contribution in [0.15, 0.2) is 24.3 Å². The van der Waals surface area contributed by atoms with Crippen LogP contribution in [0, 0.1) is 0 Å². The molecule has 0 amide bonds. The van der Waals surface area contributed by atoms with Crippen molar-refractivity contribution in [3.8, 4) is 0 Å². The second kappa shape index (κ2) is 8.51. The van der Waals surface area contributed by atoms with E-state index in [1.54, 1.807) is 7.11 Å². The molecular weight excluding hydrogens is 274 g/mol. The lowest BCUT2D eigenvalue weighted by Crippen LogP contribution is -2.43. The minimum Gasteiger partial charge on any atom is -0.383 e. The van der Waals surface area contributed by atoms with Gasteiger partial charge < -0.3 is 14.5 Å². The van der Waals surface area contributed by atoms with Crippen molar-refractivity contribution in [1.29, 1.82) is 0 Å². The Hall–Kier alpha value is -1.10. The maximum Gasteiger partial charge on any atom is 0.0589 e. The molecule has 2 rings (SSSR count). The van der Waals surface area contributed by atoms with Crippen LogP contribution in [-0.2, 0) is 11.3 Å². The van der Waals surface area contributed by atoms with Crippen LogP contribution in [0.3, 0.4) is 0 Å². The molecule has 124 valence electrons. The van der Waals surface area contributed by atoms with Crippen molar-refractivity contribution < 1.29 is 4.74 Å². The topological polar surface area (TPSA) is 19.0 Å². The van der Waals surface area contributed by atoms with E-state index in [9.17, 15) is 0 Å². The summed E-state index contributed by atoms with van der Waals surface area (Å²) in [6, 6.07) is 9.64. The number of nitrogens with zero attached hydrogens (tertiary/aromatic N) is 3. The van der Waals surface area contributed by atoms with Crippen LogP contribution in [0.25, 0.3) is 0 Å². The molecule has 0 bridgehead atoms. The number of hydrogen-bond acceptors (Lipinski definition) is 4. The number of piperidine rings is 1. The number of benzene rings is 1. The van der Waals surface area contributed by atoms with E-state index in [-0.39, 0.29) is 0 Å². The van der Waals surface area contributed by atoms with Crippen molar-refractivity contribution in [3.05, 3.63) is 29.8 Å². The van der Waals surface area contributed by atoms with E-state index in [4.69, 9.17) is 4.74 Å². The molecule has 22 heavy (non-hydrogen) atoms. The largest absolute Gasteiger partial charge is 0.383 e. The highest BCUT2D eigenvalue weighted by molar-refractivity contribution is 5.45. The molecule has 0 N–H and O–H groups in total. The van der Waals surface area contributed by atoms with Gasteiger partial charge in [-0.15, -0.1) is 0 Å². The van der Waals surface area contributed by atoms with Gasteiger partial charge in [0.1, 0.15) is 0 Å². The van der Waals surface area contributed by atoms with Gasteiger partial charge in [-0.1, -0.05) is 12.1 Å². The standard InChI is InChI=1S/C18H31N3O/c1-19(2)17-7-5-16(6-8-17)15-21-11-9-18(10-12-21)20(3)13-14-22-4/h5-8,18H,9-15H2,1-4H3. The molecule has 0 saturated carbocycles. The van der Waals surface area contributed by atoms with Crippen molar-refractivity contribution in [2.75, 3.05) is 59.4 Å².